The van der Waals surface area contributed by atoms with Crippen LogP contribution in [0, 0.1) is 0 Å². The van der Waals surface area contributed by atoms with Crippen LogP contribution in [-0.2, 0) is 22.4 Å². The van der Waals surface area contributed by atoms with Gasteiger partial charge < -0.3 is 10.1 Å². The minimum atomic E-state index is -0.245. The highest BCUT2D eigenvalue weighted by atomic mass is 16.5. The van der Waals surface area contributed by atoms with Gasteiger partial charge in [-0.3, -0.25) is 14.9 Å². The second-order valence-corrected chi connectivity index (χ2v) is 5.25. The van der Waals surface area contributed by atoms with Crippen LogP contribution in [-0.4, -0.2) is 31.0 Å². The molecule has 20 heavy (non-hydrogen) atoms. The predicted molar refractivity (Wildman–Crippen MR) is 73.5 cm³/mol. The fourth-order valence-electron chi connectivity index (χ4n) is 2.67. The molecular weight excluding hydrogens is 256 g/mol. The highest BCUT2D eigenvalue weighted by molar-refractivity contribution is 6.00. The number of amides is 2. The fraction of sp³-hybridized carbons (Fsp3) is 0.467. The molecule has 3 rings (SSSR count). The van der Waals surface area contributed by atoms with E-state index in [1.54, 1.807) is 0 Å². The van der Waals surface area contributed by atoms with Gasteiger partial charge in [0.25, 0.3) is 0 Å². The maximum absolute atomic E-state index is 11.6. The summed E-state index contributed by atoms with van der Waals surface area (Å²) in [4.78, 5) is 22.6. The molecule has 0 bridgehead atoms. The molecule has 0 spiro atoms. The maximum Gasteiger partial charge on any atom is 0.243 e. The number of fused-ring (bicyclic) bond motifs is 1. The Kier molecular flexibility index (Phi) is 3.69. The van der Waals surface area contributed by atoms with Crippen molar-refractivity contribution in [3.05, 3.63) is 29.3 Å². The van der Waals surface area contributed by atoms with Gasteiger partial charge >= 0.3 is 0 Å². The Bertz CT molecular complexity index is 542. The molecule has 2 heterocycles. The van der Waals surface area contributed by atoms with Crippen molar-refractivity contribution >= 4 is 11.8 Å². The number of carbonyl (C=O) groups is 2. The van der Waals surface area contributed by atoms with E-state index in [1.807, 2.05) is 6.07 Å². The van der Waals surface area contributed by atoms with Gasteiger partial charge in [0.2, 0.25) is 11.8 Å². The number of hydrogen-bond donors (Lipinski definition) is 2. The highest BCUT2D eigenvalue weighted by Crippen LogP contribution is 2.25. The Hall–Kier alpha value is -1.88. The highest BCUT2D eigenvalue weighted by Gasteiger charge is 2.25. The summed E-state index contributed by atoms with van der Waals surface area (Å²) in [5.41, 5.74) is 2.51. The largest absolute Gasteiger partial charge is 0.493 e. The molecule has 0 aliphatic carbocycles. The standard InChI is InChI=1S/C15H18N2O3/c18-14-4-2-12(15(19)17-14)16-7-5-10-1-3-13-11(9-10)6-8-20-13/h1,3,9,12,16H,2,4-8H2,(H,17,18,19). The predicted octanol–water partition coefficient (Wildman–Crippen LogP) is 0.559. The Morgan fingerprint density at radius 3 is 3.05 bits per heavy atom. The molecule has 1 aromatic carbocycles. The molecular formula is C15H18N2O3. The van der Waals surface area contributed by atoms with E-state index in [1.165, 1.54) is 11.1 Å². The number of carbonyl (C=O) groups excluding carboxylic acids is 2. The van der Waals surface area contributed by atoms with Crippen molar-refractivity contribution in [2.45, 2.75) is 31.7 Å². The van der Waals surface area contributed by atoms with Crippen LogP contribution < -0.4 is 15.4 Å². The third-order valence-corrected chi connectivity index (χ3v) is 3.80. The van der Waals surface area contributed by atoms with Crippen LogP contribution in [0.4, 0.5) is 0 Å². The summed E-state index contributed by atoms with van der Waals surface area (Å²) >= 11 is 0. The van der Waals surface area contributed by atoms with E-state index in [4.69, 9.17) is 4.74 Å². The molecule has 5 heteroatoms. The molecule has 1 unspecified atom stereocenters. The summed E-state index contributed by atoms with van der Waals surface area (Å²) in [6.07, 6.45) is 2.84. The molecule has 0 aromatic heterocycles. The molecule has 1 saturated heterocycles. The van der Waals surface area contributed by atoms with E-state index < -0.39 is 0 Å². The van der Waals surface area contributed by atoms with E-state index in [9.17, 15) is 9.59 Å². The van der Waals surface area contributed by atoms with Gasteiger partial charge in [0.15, 0.2) is 0 Å². The van der Waals surface area contributed by atoms with Gasteiger partial charge in [-0.05, 0) is 36.6 Å². The number of piperidine rings is 1. The zero-order chi connectivity index (χ0) is 13.9. The van der Waals surface area contributed by atoms with E-state index >= 15 is 0 Å². The third-order valence-electron chi connectivity index (χ3n) is 3.80. The first-order chi connectivity index (χ1) is 9.72. The molecule has 5 nitrogen and oxygen atoms in total. The lowest BCUT2D eigenvalue weighted by Crippen LogP contribution is -2.51. The minimum Gasteiger partial charge on any atom is -0.493 e. The van der Waals surface area contributed by atoms with Crippen molar-refractivity contribution < 1.29 is 14.3 Å². The van der Waals surface area contributed by atoms with Gasteiger partial charge in [-0.25, -0.2) is 0 Å². The first-order valence-corrected chi connectivity index (χ1v) is 7.04. The summed E-state index contributed by atoms with van der Waals surface area (Å²) in [7, 11) is 0. The lowest BCUT2D eigenvalue weighted by atomic mass is 10.0. The van der Waals surface area contributed by atoms with Crippen LogP contribution in [0.1, 0.15) is 24.0 Å². The normalized spacial score (nSPS) is 21.3. The van der Waals surface area contributed by atoms with Crippen molar-refractivity contribution in [2.24, 2.45) is 0 Å². The minimum absolute atomic E-state index is 0.174. The van der Waals surface area contributed by atoms with Gasteiger partial charge in [-0.2, -0.15) is 0 Å². The van der Waals surface area contributed by atoms with Crippen molar-refractivity contribution in [1.82, 2.24) is 10.6 Å². The van der Waals surface area contributed by atoms with Crippen LogP contribution in [0.25, 0.3) is 0 Å². The smallest absolute Gasteiger partial charge is 0.243 e. The van der Waals surface area contributed by atoms with Gasteiger partial charge in [-0.15, -0.1) is 0 Å². The number of ether oxygens (including phenoxy) is 1. The lowest BCUT2D eigenvalue weighted by Gasteiger charge is -2.21. The zero-order valence-electron chi connectivity index (χ0n) is 11.3. The second kappa shape index (κ2) is 5.63. The Morgan fingerprint density at radius 1 is 1.30 bits per heavy atom. The first kappa shape index (κ1) is 13.1. The molecule has 2 amide bonds. The van der Waals surface area contributed by atoms with E-state index in [-0.39, 0.29) is 17.9 Å². The number of hydrogen-bond acceptors (Lipinski definition) is 4. The molecule has 1 atom stereocenters. The summed E-state index contributed by atoms with van der Waals surface area (Å²) in [5.74, 6) is 0.613. The van der Waals surface area contributed by atoms with Gasteiger partial charge in [0.05, 0.1) is 12.6 Å². The summed E-state index contributed by atoms with van der Waals surface area (Å²) in [5, 5.41) is 5.57. The van der Waals surface area contributed by atoms with Gasteiger partial charge in [-0.1, -0.05) is 12.1 Å². The number of rotatable bonds is 4. The quantitative estimate of drug-likeness (QED) is 0.787. The molecule has 106 valence electrons. The van der Waals surface area contributed by atoms with Crippen molar-refractivity contribution in [3.63, 3.8) is 0 Å². The monoisotopic (exact) mass is 274 g/mol. The number of benzene rings is 1. The molecule has 0 saturated carbocycles. The SMILES string of the molecule is O=C1CCC(NCCc2ccc3c(c2)CCO3)C(=O)N1. The van der Waals surface area contributed by atoms with Crippen molar-refractivity contribution in [1.29, 1.82) is 0 Å². The Balaban J connectivity index is 1.50. The zero-order valence-corrected chi connectivity index (χ0v) is 11.3. The fourth-order valence-corrected chi connectivity index (χ4v) is 2.67. The van der Waals surface area contributed by atoms with Crippen molar-refractivity contribution in [2.75, 3.05) is 13.2 Å². The average molecular weight is 274 g/mol. The molecule has 1 aromatic rings. The van der Waals surface area contributed by atoms with Gasteiger partial charge in [0, 0.05) is 12.8 Å². The van der Waals surface area contributed by atoms with E-state index in [0.29, 0.717) is 12.8 Å². The molecule has 1 fully saturated rings. The van der Waals surface area contributed by atoms with Crippen LogP contribution >= 0.6 is 0 Å². The number of imide groups is 1. The Labute approximate surface area is 117 Å². The molecule has 2 aliphatic heterocycles. The average Bonchev–Trinajstić information content (AvgIpc) is 2.89. The first-order valence-electron chi connectivity index (χ1n) is 7.04. The van der Waals surface area contributed by atoms with Crippen LogP contribution in [0.5, 0.6) is 5.75 Å². The van der Waals surface area contributed by atoms with Crippen LogP contribution in [0.15, 0.2) is 18.2 Å². The summed E-state index contributed by atoms with van der Waals surface area (Å²) in [6.45, 7) is 1.50. The lowest BCUT2D eigenvalue weighted by molar-refractivity contribution is -0.134. The van der Waals surface area contributed by atoms with E-state index in [0.717, 1.165) is 31.7 Å². The second-order valence-electron chi connectivity index (χ2n) is 5.25. The number of nitrogens with one attached hydrogen (secondary N) is 2. The van der Waals surface area contributed by atoms with Crippen molar-refractivity contribution in [3.8, 4) is 5.75 Å². The maximum atomic E-state index is 11.6. The Morgan fingerprint density at radius 2 is 2.20 bits per heavy atom. The molecule has 2 aliphatic rings. The van der Waals surface area contributed by atoms with Crippen LogP contribution in [0.2, 0.25) is 0 Å². The van der Waals surface area contributed by atoms with Crippen LogP contribution in [0.3, 0.4) is 0 Å². The topological polar surface area (TPSA) is 67.4 Å². The molecule has 0 radical (unpaired) electrons. The summed E-state index contributed by atoms with van der Waals surface area (Å²) < 4.78 is 5.48. The molecule has 2 N–H and O–H groups in total. The summed E-state index contributed by atoms with van der Waals surface area (Å²) in [6, 6.07) is 6.01. The van der Waals surface area contributed by atoms with Gasteiger partial charge in [0.1, 0.15) is 5.75 Å². The third kappa shape index (κ3) is 2.82. The van der Waals surface area contributed by atoms with E-state index in [2.05, 4.69) is 22.8 Å².